The van der Waals surface area contributed by atoms with Crippen molar-refractivity contribution in [1.82, 2.24) is 4.98 Å². The Balaban J connectivity index is 1.65. The van der Waals surface area contributed by atoms with E-state index in [1.807, 2.05) is 31.2 Å². The number of sulfone groups is 1. The maximum Gasteiger partial charge on any atom is 0.235 e. The Morgan fingerprint density at radius 3 is 2.52 bits per heavy atom. The van der Waals surface area contributed by atoms with Crippen molar-refractivity contribution in [3.8, 4) is 5.75 Å². The predicted octanol–water partition coefficient (Wildman–Crippen LogP) is 2.65. The zero-order valence-electron chi connectivity index (χ0n) is 12.8. The van der Waals surface area contributed by atoms with E-state index in [9.17, 15) is 8.42 Å². The number of pyridine rings is 1. The number of oxime groups is 1. The van der Waals surface area contributed by atoms with Gasteiger partial charge >= 0.3 is 0 Å². The van der Waals surface area contributed by atoms with Gasteiger partial charge in [0, 0.05) is 6.26 Å². The zero-order chi connectivity index (χ0) is 16.4. The second-order valence-electron chi connectivity index (χ2n) is 5.40. The van der Waals surface area contributed by atoms with Crippen LogP contribution in [-0.4, -0.2) is 25.6 Å². The Morgan fingerprint density at radius 1 is 1.17 bits per heavy atom. The van der Waals surface area contributed by atoms with Crippen molar-refractivity contribution in [2.75, 3.05) is 6.26 Å². The van der Waals surface area contributed by atoms with E-state index in [0.717, 1.165) is 11.8 Å². The molecule has 120 valence electrons. The van der Waals surface area contributed by atoms with E-state index in [1.54, 1.807) is 6.07 Å². The van der Waals surface area contributed by atoms with Crippen molar-refractivity contribution < 1.29 is 18.0 Å². The van der Waals surface area contributed by atoms with Crippen molar-refractivity contribution in [3.05, 3.63) is 53.7 Å². The Labute approximate surface area is 134 Å². The van der Waals surface area contributed by atoms with Crippen LogP contribution >= 0.6 is 0 Å². The molecule has 0 amide bonds. The van der Waals surface area contributed by atoms with Crippen molar-refractivity contribution in [1.29, 1.82) is 0 Å². The highest BCUT2D eigenvalue weighted by Gasteiger charge is 2.24. The molecule has 0 N–H and O–H groups in total. The Hall–Kier alpha value is -2.41. The monoisotopic (exact) mass is 332 g/mol. The van der Waals surface area contributed by atoms with Gasteiger partial charge in [-0.2, -0.15) is 0 Å². The van der Waals surface area contributed by atoms with Crippen LogP contribution in [0.15, 0.2) is 52.8 Å². The Kier molecular flexibility index (Phi) is 4.04. The van der Waals surface area contributed by atoms with E-state index in [0.29, 0.717) is 18.1 Å². The first-order chi connectivity index (χ1) is 10.9. The van der Waals surface area contributed by atoms with Gasteiger partial charge in [0.15, 0.2) is 21.0 Å². The second kappa shape index (κ2) is 6.00. The molecule has 0 radical (unpaired) electrons. The molecule has 2 aromatic rings. The summed E-state index contributed by atoms with van der Waals surface area (Å²) in [4.78, 5) is 9.26. The zero-order valence-corrected chi connectivity index (χ0v) is 13.6. The molecule has 1 unspecified atom stereocenters. The normalized spacial score (nSPS) is 17.5. The number of ether oxygens (including phenoxy) is 1. The van der Waals surface area contributed by atoms with Gasteiger partial charge in [-0.1, -0.05) is 35.0 Å². The molecule has 0 spiro atoms. The summed E-state index contributed by atoms with van der Waals surface area (Å²) < 4.78 is 28.3. The number of rotatable bonds is 3. The highest BCUT2D eigenvalue weighted by Crippen LogP contribution is 2.28. The lowest BCUT2D eigenvalue weighted by Gasteiger charge is -2.08. The standard InChI is InChI=1S/C16H16N2O4S/c1-11-3-5-12(6-4-11)14-9-15(18-22-14)21-13-7-8-16(17-10-13)23(2,19)20/h3-8,10,14H,9H2,1-2H3. The van der Waals surface area contributed by atoms with Gasteiger partial charge in [-0.3, -0.25) is 0 Å². The first kappa shape index (κ1) is 15.5. The van der Waals surface area contributed by atoms with Crippen LogP contribution in [0, 0.1) is 6.92 Å². The summed E-state index contributed by atoms with van der Waals surface area (Å²) in [7, 11) is -3.32. The van der Waals surface area contributed by atoms with Crippen molar-refractivity contribution in [2.24, 2.45) is 5.16 Å². The number of aryl methyl sites for hydroxylation is 1. The minimum Gasteiger partial charge on any atom is -0.438 e. The molecule has 1 atom stereocenters. The average Bonchev–Trinajstić information content (AvgIpc) is 2.96. The lowest BCUT2D eigenvalue weighted by molar-refractivity contribution is 0.0855. The molecule has 2 heterocycles. The Bertz CT molecular complexity index is 827. The lowest BCUT2D eigenvalue weighted by Crippen LogP contribution is -2.08. The van der Waals surface area contributed by atoms with E-state index in [4.69, 9.17) is 9.57 Å². The fourth-order valence-corrected chi connectivity index (χ4v) is 2.72. The van der Waals surface area contributed by atoms with Gasteiger partial charge in [0.1, 0.15) is 5.75 Å². The largest absolute Gasteiger partial charge is 0.438 e. The summed E-state index contributed by atoms with van der Waals surface area (Å²) in [5, 5.41) is 3.94. The first-order valence-electron chi connectivity index (χ1n) is 7.05. The van der Waals surface area contributed by atoms with Gasteiger partial charge in [-0.15, -0.1) is 0 Å². The molecule has 0 aliphatic carbocycles. The Morgan fingerprint density at radius 2 is 1.91 bits per heavy atom. The minimum atomic E-state index is -3.32. The van der Waals surface area contributed by atoms with E-state index < -0.39 is 9.84 Å². The predicted molar refractivity (Wildman–Crippen MR) is 85.0 cm³/mol. The maximum absolute atomic E-state index is 11.4. The molecular weight excluding hydrogens is 316 g/mol. The fourth-order valence-electron chi connectivity index (χ4n) is 2.16. The maximum atomic E-state index is 11.4. The molecule has 3 rings (SSSR count). The quantitative estimate of drug-likeness (QED) is 0.863. The van der Waals surface area contributed by atoms with E-state index >= 15 is 0 Å². The lowest BCUT2D eigenvalue weighted by atomic mass is 10.1. The van der Waals surface area contributed by atoms with Crippen LogP contribution in [0.25, 0.3) is 0 Å². The van der Waals surface area contributed by atoms with Crippen LogP contribution in [-0.2, 0) is 14.7 Å². The number of benzene rings is 1. The number of hydrogen-bond donors (Lipinski definition) is 0. The van der Waals surface area contributed by atoms with Crippen molar-refractivity contribution in [3.63, 3.8) is 0 Å². The third kappa shape index (κ3) is 3.68. The highest BCUT2D eigenvalue weighted by atomic mass is 32.2. The number of hydrogen-bond acceptors (Lipinski definition) is 6. The molecule has 1 aliphatic heterocycles. The van der Waals surface area contributed by atoms with E-state index in [-0.39, 0.29) is 11.1 Å². The van der Waals surface area contributed by atoms with Gasteiger partial charge in [0.25, 0.3) is 0 Å². The van der Waals surface area contributed by atoms with E-state index in [2.05, 4.69) is 10.1 Å². The number of nitrogens with zero attached hydrogens (tertiary/aromatic N) is 2. The summed E-state index contributed by atoms with van der Waals surface area (Å²) in [6.45, 7) is 2.03. The average molecular weight is 332 g/mol. The van der Waals surface area contributed by atoms with Crippen molar-refractivity contribution >= 4 is 15.7 Å². The summed E-state index contributed by atoms with van der Waals surface area (Å²) in [6, 6.07) is 11.0. The molecule has 6 nitrogen and oxygen atoms in total. The summed E-state index contributed by atoms with van der Waals surface area (Å²) in [5.41, 5.74) is 2.21. The highest BCUT2D eigenvalue weighted by molar-refractivity contribution is 7.90. The fraction of sp³-hybridized carbons (Fsp3) is 0.250. The SMILES string of the molecule is Cc1ccc(C2CC(Oc3ccc(S(C)(=O)=O)nc3)=NO2)cc1. The summed E-state index contributed by atoms with van der Waals surface area (Å²) in [5.74, 6) is 0.855. The molecule has 0 bridgehead atoms. The van der Waals surface area contributed by atoms with Gasteiger partial charge in [-0.25, -0.2) is 13.4 Å². The molecule has 1 aromatic heterocycles. The third-order valence-corrected chi connectivity index (χ3v) is 4.42. The van der Waals surface area contributed by atoms with Crippen LogP contribution in [0.4, 0.5) is 0 Å². The van der Waals surface area contributed by atoms with Gasteiger partial charge < -0.3 is 9.57 Å². The topological polar surface area (TPSA) is 77.9 Å². The van der Waals surface area contributed by atoms with Crippen LogP contribution in [0.2, 0.25) is 0 Å². The van der Waals surface area contributed by atoms with Crippen LogP contribution < -0.4 is 4.74 Å². The van der Waals surface area contributed by atoms with Crippen molar-refractivity contribution in [2.45, 2.75) is 24.5 Å². The van der Waals surface area contributed by atoms with E-state index in [1.165, 1.54) is 17.8 Å². The van der Waals surface area contributed by atoms with Crippen LogP contribution in [0.5, 0.6) is 5.75 Å². The van der Waals surface area contributed by atoms with Gasteiger partial charge in [0.2, 0.25) is 5.90 Å². The molecule has 1 aliphatic rings. The molecule has 7 heteroatoms. The third-order valence-electron chi connectivity index (χ3n) is 3.42. The van der Waals surface area contributed by atoms with Gasteiger partial charge in [-0.05, 0) is 24.6 Å². The van der Waals surface area contributed by atoms with Crippen LogP contribution in [0.1, 0.15) is 23.7 Å². The minimum absolute atomic E-state index is 0.00647. The second-order valence-corrected chi connectivity index (χ2v) is 7.36. The van der Waals surface area contributed by atoms with Gasteiger partial charge in [0.05, 0.1) is 12.6 Å². The smallest absolute Gasteiger partial charge is 0.235 e. The summed E-state index contributed by atoms with van der Waals surface area (Å²) in [6.07, 6.45) is 2.81. The summed E-state index contributed by atoms with van der Waals surface area (Å²) >= 11 is 0. The molecule has 23 heavy (non-hydrogen) atoms. The first-order valence-corrected chi connectivity index (χ1v) is 8.94. The molecule has 0 saturated carbocycles. The van der Waals surface area contributed by atoms with Crippen LogP contribution in [0.3, 0.4) is 0 Å². The number of aromatic nitrogens is 1. The molecular formula is C16H16N2O4S. The molecule has 1 aromatic carbocycles. The molecule has 0 fully saturated rings. The molecule has 0 saturated heterocycles.